The number of nitrogens with one attached hydrogen (secondary N) is 3. The Morgan fingerprint density at radius 1 is 1.53 bits per heavy atom. The molecule has 2 heterocycles. The Balaban J connectivity index is 1.82. The topological polar surface area (TPSA) is 88.2 Å². The van der Waals surface area contributed by atoms with Gasteiger partial charge in [-0.2, -0.15) is 0 Å². The minimum Gasteiger partial charge on any atom is -0.374 e. The zero-order valence-electron chi connectivity index (χ0n) is 11.0. The number of carbonyl (C=O) groups is 1. The minimum atomic E-state index is -0.207. The number of hydrogen-bond acceptors (Lipinski definition) is 6. The van der Waals surface area contributed by atoms with E-state index in [1.54, 1.807) is 12.1 Å². The van der Waals surface area contributed by atoms with Crippen LogP contribution < -0.4 is 16.0 Å². The van der Waals surface area contributed by atoms with E-state index < -0.39 is 0 Å². The van der Waals surface area contributed by atoms with Crippen molar-refractivity contribution in [1.82, 2.24) is 20.8 Å². The molecule has 0 spiro atoms. The molecule has 1 saturated heterocycles. The maximum absolute atomic E-state index is 11.5. The van der Waals surface area contributed by atoms with Crippen molar-refractivity contribution in [2.24, 2.45) is 0 Å². The lowest BCUT2D eigenvalue weighted by atomic mass is 10.3. The molecule has 1 atom stereocenters. The SMILES string of the molecule is CCNC(=O)c1ccc(NCC2CNCCO2)nn1. The summed E-state index contributed by atoms with van der Waals surface area (Å²) in [5, 5.41) is 16.9. The van der Waals surface area contributed by atoms with Crippen LogP contribution in [-0.2, 0) is 4.74 Å². The van der Waals surface area contributed by atoms with Crippen molar-refractivity contribution in [2.75, 3.05) is 38.1 Å². The fraction of sp³-hybridized carbons (Fsp3) is 0.583. The molecule has 104 valence electrons. The van der Waals surface area contributed by atoms with Gasteiger partial charge in [-0.05, 0) is 19.1 Å². The highest BCUT2D eigenvalue weighted by Gasteiger charge is 2.13. The molecule has 0 aromatic carbocycles. The van der Waals surface area contributed by atoms with Gasteiger partial charge < -0.3 is 20.7 Å². The second-order valence-corrected chi connectivity index (χ2v) is 4.24. The summed E-state index contributed by atoms with van der Waals surface area (Å²) in [5.41, 5.74) is 0.322. The fourth-order valence-electron chi connectivity index (χ4n) is 1.77. The Morgan fingerprint density at radius 2 is 2.42 bits per heavy atom. The Labute approximate surface area is 112 Å². The molecule has 1 aliphatic rings. The molecule has 7 heteroatoms. The van der Waals surface area contributed by atoms with E-state index in [-0.39, 0.29) is 12.0 Å². The van der Waals surface area contributed by atoms with Crippen molar-refractivity contribution in [2.45, 2.75) is 13.0 Å². The first-order valence-electron chi connectivity index (χ1n) is 6.47. The average molecular weight is 265 g/mol. The average Bonchev–Trinajstić information content (AvgIpc) is 2.47. The van der Waals surface area contributed by atoms with E-state index in [1.165, 1.54) is 0 Å². The number of hydrogen-bond donors (Lipinski definition) is 3. The van der Waals surface area contributed by atoms with Gasteiger partial charge in [0.2, 0.25) is 0 Å². The van der Waals surface area contributed by atoms with Gasteiger partial charge in [0.25, 0.3) is 5.91 Å². The second-order valence-electron chi connectivity index (χ2n) is 4.24. The highest BCUT2D eigenvalue weighted by molar-refractivity contribution is 5.92. The van der Waals surface area contributed by atoms with Crippen LogP contribution in [0.5, 0.6) is 0 Å². The summed E-state index contributed by atoms with van der Waals surface area (Å²) in [7, 11) is 0. The van der Waals surface area contributed by atoms with Crippen LogP contribution >= 0.6 is 0 Å². The van der Waals surface area contributed by atoms with E-state index in [0.717, 1.165) is 19.7 Å². The summed E-state index contributed by atoms with van der Waals surface area (Å²) >= 11 is 0. The van der Waals surface area contributed by atoms with E-state index in [4.69, 9.17) is 4.74 Å². The van der Waals surface area contributed by atoms with E-state index in [9.17, 15) is 4.79 Å². The van der Waals surface area contributed by atoms with Crippen molar-refractivity contribution in [3.63, 3.8) is 0 Å². The lowest BCUT2D eigenvalue weighted by Gasteiger charge is -2.23. The van der Waals surface area contributed by atoms with Gasteiger partial charge in [0.1, 0.15) is 5.82 Å². The number of anilines is 1. The first-order chi connectivity index (χ1) is 9.29. The molecule has 2 rings (SSSR count). The third kappa shape index (κ3) is 4.15. The van der Waals surface area contributed by atoms with Gasteiger partial charge in [0.05, 0.1) is 12.7 Å². The standard InChI is InChI=1S/C12H19N5O2/c1-2-14-12(18)10-3-4-11(17-16-10)15-8-9-7-13-5-6-19-9/h3-4,9,13H,2,5-8H2,1H3,(H,14,18)(H,15,17). The van der Waals surface area contributed by atoms with Crippen LogP contribution in [0.1, 0.15) is 17.4 Å². The van der Waals surface area contributed by atoms with E-state index in [1.807, 2.05) is 6.92 Å². The lowest BCUT2D eigenvalue weighted by molar-refractivity contribution is 0.0372. The molecule has 19 heavy (non-hydrogen) atoms. The van der Waals surface area contributed by atoms with E-state index in [2.05, 4.69) is 26.1 Å². The van der Waals surface area contributed by atoms with Crippen molar-refractivity contribution < 1.29 is 9.53 Å². The van der Waals surface area contributed by atoms with Crippen LogP contribution in [0.4, 0.5) is 5.82 Å². The number of aromatic nitrogens is 2. The largest absolute Gasteiger partial charge is 0.374 e. The first kappa shape index (κ1) is 13.7. The molecule has 0 bridgehead atoms. The van der Waals surface area contributed by atoms with Crippen molar-refractivity contribution in [3.8, 4) is 0 Å². The van der Waals surface area contributed by atoms with Crippen molar-refractivity contribution in [3.05, 3.63) is 17.8 Å². The van der Waals surface area contributed by atoms with Crippen LogP contribution in [-0.4, -0.2) is 55.0 Å². The van der Waals surface area contributed by atoms with Crippen LogP contribution in [0.3, 0.4) is 0 Å². The van der Waals surface area contributed by atoms with Gasteiger partial charge in [0, 0.05) is 26.2 Å². The number of rotatable bonds is 5. The molecule has 1 amide bonds. The number of nitrogens with zero attached hydrogens (tertiary/aromatic N) is 2. The predicted octanol–water partition coefficient (Wildman–Crippen LogP) is -0.373. The second kappa shape index (κ2) is 7.01. The van der Waals surface area contributed by atoms with Crippen LogP contribution in [0.15, 0.2) is 12.1 Å². The zero-order chi connectivity index (χ0) is 13.5. The number of amides is 1. The summed E-state index contributed by atoms with van der Waals surface area (Å²) in [6.45, 7) is 5.57. The Morgan fingerprint density at radius 3 is 3.05 bits per heavy atom. The smallest absolute Gasteiger partial charge is 0.271 e. The first-order valence-corrected chi connectivity index (χ1v) is 6.47. The molecular formula is C12H19N5O2. The number of ether oxygens (including phenoxy) is 1. The van der Waals surface area contributed by atoms with Gasteiger partial charge in [-0.3, -0.25) is 4.79 Å². The molecule has 1 aromatic heterocycles. The molecule has 1 aromatic rings. The number of carbonyl (C=O) groups excluding carboxylic acids is 1. The highest BCUT2D eigenvalue weighted by Crippen LogP contribution is 2.04. The molecule has 1 fully saturated rings. The van der Waals surface area contributed by atoms with Gasteiger partial charge in [-0.15, -0.1) is 10.2 Å². The van der Waals surface area contributed by atoms with Crippen LogP contribution in [0.2, 0.25) is 0 Å². The lowest BCUT2D eigenvalue weighted by Crippen LogP contribution is -2.42. The van der Waals surface area contributed by atoms with Gasteiger partial charge >= 0.3 is 0 Å². The maximum atomic E-state index is 11.5. The molecule has 0 saturated carbocycles. The van der Waals surface area contributed by atoms with Gasteiger partial charge in [-0.1, -0.05) is 0 Å². The molecule has 3 N–H and O–H groups in total. The Kier molecular flexibility index (Phi) is 5.05. The van der Waals surface area contributed by atoms with Crippen molar-refractivity contribution >= 4 is 11.7 Å². The summed E-state index contributed by atoms with van der Waals surface area (Å²) in [6.07, 6.45) is 0.138. The molecule has 7 nitrogen and oxygen atoms in total. The fourth-order valence-corrected chi connectivity index (χ4v) is 1.77. The molecular weight excluding hydrogens is 246 g/mol. The summed E-state index contributed by atoms with van der Waals surface area (Å²) in [6, 6.07) is 3.40. The van der Waals surface area contributed by atoms with Crippen molar-refractivity contribution in [1.29, 1.82) is 0 Å². The molecule has 0 aliphatic carbocycles. The Hall–Kier alpha value is -1.73. The normalized spacial score (nSPS) is 18.9. The molecule has 0 radical (unpaired) electrons. The van der Waals surface area contributed by atoms with E-state index >= 15 is 0 Å². The Bertz CT molecular complexity index is 403. The molecule has 1 unspecified atom stereocenters. The quantitative estimate of drug-likeness (QED) is 0.673. The maximum Gasteiger partial charge on any atom is 0.271 e. The van der Waals surface area contributed by atoms with Crippen LogP contribution in [0, 0.1) is 0 Å². The highest BCUT2D eigenvalue weighted by atomic mass is 16.5. The van der Waals surface area contributed by atoms with Gasteiger partial charge in [-0.25, -0.2) is 0 Å². The summed E-state index contributed by atoms with van der Waals surface area (Å²) < 4.78 is 5.56. The molecule has 1 aliphatic heterocycles. The van der Waals surface area contributed by atoms with Gasteiger partial charge in [0.15, 0.2) is 5.69 Å². The summed E-state index contributed by atoms with van der Waals surface area (Å²) in [4.78, 5) is 11.5. The third-order valence-corrected chi connectivity index (χ3v) is 2.75. The number of morpholine rings is 1. The third-order valence-electron chi connectivity index (χ3n) is 2.75. The minimum absolute atomic E-state index is 0.138. The monoisotopic (exact) mass is 265 g/mol. The predicted molar refractivity (Wildman–Crippen MR) is 71.1 cm³/mol. The summed E-state index contributed by atoms with van der Waals surface area (Å²) in [5.74, 6) is 0.434. The van der Waals surface area contributed by atoms with E-state index in [0.29, 0.717) is 24.6 Å². The zero-order valence-corrected chi connectivity index (χ0v) is 11.0. The van der Waals surface area contributed by atoms with Crippen LogP contribution in [0.25, 0.3) is 0 Å².